The van der Waals surface area contributed by atoms with Gasteiger partial charge < -0.3 is 10.2 Å². The maximum atomic E-state index is 13.2. The average molecular weight is 503 g/mol. The Bertz CT molecular complexity index is 1330. The van der Waals surface area contributed by atoms with Crippen molar-refractivity contribution in [3.8, 4) is 0 Å². The van der Waals surface area contributed by atoms with Crippen LogP contribution in [-0.4, -0.2) is 37.4 Å². The average Bonchev–Trinajstić information content (AvgIpc) is 3.54. The zero-order chi connectivity index (χ0) is 25.1. The molecule has 1 atom stereocenters. The molecule has 3 aromatic carbocycles. The number of nitrogens with zero attached hydrogens (tertiary/aromatic N) is 1. The summed E-state index contributed by atoms with van der Waals surface area (Å²) < 4.78 is 24.8. The van der Waals surface area contributed by atoms with Crippen molar-refractivity contribution in [2.75, 3.05) is 17.6 Å². The monoisotopic (exact) mass is 502 g/mol. The molecule has 5 rings (SSSR count). The van der Waals surface area contributed by atoms with E-state index in [9.17, 15) is 18.0 Å². The van der Waals surface area contributed by atoms with Gasteiger partial charge in [0.15, 0.2) is 9.84 Å². The Morgan fingerprint density at radius 3 is 2.22 bits per heavy atom. The summed E-state index contributed by atoms with van der Waals surface area (Å²) in [6.45, 7) is 0.734. The normalized spacial score (nSPS) is 17.7. The van der Waals surface area contributed by atoms with Gasteiger partial charge in [0.2, 0.25) is 5.91 Å². The van der Waals surface area contributed by atoms with E-state index < -0.39 is 9.84 Å². The van der Waals surface area contributed by atoms with Crippen LogP contribution in [0.4, 0.5) is 5.69 Å². The summed E-state index contributed by atoms with van der Waals surface area (Å²) in [6.07, 6.45) is 4.04. The van der Waals surface area contributed by atoms with E-state index in [1.165, 1.54) is 0 Å². The Morgan fingerprint density at radius 2 is 1.56 bits per heavy atom. The van der Waals surface area contributed by atoms with E-state index in [2.05, 4.69) is 17.4 Å². The van der Waals surface area contributed by atoms with Gasteiger partial charge >= 0.3 is 0 Å². The van der Waals surface area contributed by atoms with Crippen molar-refractivity contribution in [1.82, 2.24) is 4.90 Å². The molecule has 0 aromatic heterocycles. The summed E-state index contributed by atoms with van der Waals surface area (Å²) in [5.74, 6) is 0.292. The highest BCUT2D eigenvalue weighted by Gasteiger charge is 2.31. The molecular weight excluding hydrogens is 472 g/mol. The van der Waals surface area contributed by atoms with Crippen molar-refractivity contribution < 1.29 is 18.0 Å². The number of hydrogen-bond acceptors (Lipinski definition) is 4. The fourth-order valence-corrected chi connectivity index (χ4v) is 6.49. The number of hydrogen-bond donors (Lipinski definition) is 1. The highest BCUT2D eigenvalue weighted by molar-refractivity contribution is 7.91. The molecule has 1 unspecified atom stereocenters. The summed E-state index contributed by atoms with van der Waals surface area (Å²) in [6, 6.07) is 23.7. The molecule has 7 heteroatoms. The van der Waals surface area contributed by atoms with Gasteiger partial charge in [-0.05, 0) is 79.1 Å². The van der Waals surface area contributed by atoms with E-state index in [1.807, 2.05) is 23.1 Å². The molecule has 0 radical (unpaired) electrons. The molecule has 1 aliphatic carbocycles. The van der Waals surface area contributed by atoms with Crippen LogP contribution in [0.2, 0.25) is 0 Å². The number of nitrogens with one attached hydrogen (secondary N) is 1. The lowest BCUT2D eigenvalue weighted by Gasteiger charge is -2.25. The van der Waals surface area contributed by atoms with Gasteiger partial charge in [-0.2, -0.15) is 0 Å². The second-order valence-corrected chi connectivity index (χ2v) is 11.8. The molecule has 1 saturated heterocycles. The maximum absolute atomic E-state index is 13.2. The van der Waals surface area contributed by atoms with Crippen molar-refractivity contribution in [1.29, 1.82) is 0 Å². The molecule has 1 saturated carbocycles. The van der Waals surface area contributed by atoms with E-state index in [0.29, 0.717) is 22.1 Å². The second kappa shape index (κ2) is 10.3. The number of amides is 2. The molecule has 2 aliphatic rings. The summed E-state index contributed by atoms with van der Waals surface area (Å²) >= 11 is 0. The number of likely N-dealkylation sites (tertiary alicyclic amines) is 1. The van der Waals surface area contributed by atoms with Crippen molar-refractivity contribution in [3.05, 3.63) is 95.6 Å². The summed E-state index contributed by atoms with van der Waals surface area (Å²) in [5.41, 5.74) is 3.10. The van der Waals surface area contributed by atoms with Crippen LogP contribution in [0, 0.1) is 5.92 Å². The van der Waals surface area contributed by atoms with Gasteiger partial charge in [-0.3, -0.25) is 9.59 Å². The van der Waals surface area contributed by atoms with Crippen molar-refractivity contribution >= 4 is 27.3 Å². The van der Waals surface area contributed by atoms with E-state index in [-0.39, 0.29) is 30.0 Å². The van der Waals surface area contributed by atoms with Gasteiger partial charge in [-0.15, -0.1) is 0 Å². The second-order valence-electron chi connectivity index (χ2n) is 9.74. The predicted octanol–water partition coefficient (Wildman–Crippen LogP) is 5.03. The van der Waals surface area contributed by atoms with E-state index in [0.717, 1.165) is 43.4 Å². The number of rotatable bonds is 8. The SMILES string of the molecule is O=C(Cc1ccc(S(=O)(=O)CC2CC2)cc1)Nc1ccc(C(=O)N2CCCC2c2ccccc2)cc1. The molecule has 0 bridgehead atoms. The van der Waals surface area contributed by atoms with E-state index in [1.54, 1.807) is 48.5 Å². The zero-order valence-electron chi connectivity index (χ0n) is 20.1. The first kappa shape index (κ1) is 24.3. The first-order valence-electron chi connectivity index (χ1n) is 12.5. The van der Waals surface area contributed by atoms with Crippen LogP contribution in [0.5, 0.6) is 0 Å². The molecular formula is C29H30N2O4S. The zero-order valence-corrected chi connectivity index (χ0v) is 20.9. The van der Waals surface area contributed by atoms with Gasteiger partial charge in [0, 0.05) is 17.8 Å². The van der Waals surface area contributed by atoms with Gasteiger partial charge in [-0.25, -0.2) is 8.42 Å². The van der Waals surface area contributed by atoms with Crippen LogP contribution in [0.15, 0.2) is 83.8 Å². The first-order valence-corrected chi connectivity index (χ1v) is 14.1. The van der Waals surface area contributed by atoms with E-state index in [4.69, 9.17) is 0 Å². The molecule has 1 aliphatic heterocycles. The highest BCUT2D eigenvalue weighted by Crippen LogP contribution is 2.33. The molecule has 186 valence electrons. The minimum absolute atomic E-state index is 0.00374. The Balaban J connectivity index is 1.17. The summed E-state index contributed by atoms with van der Waals surface area (Å²) in [4.78, 5) is 27.9. The number of carbonyl (C=O) groups is 2. The molecule has 2 fully saturated rings. The number of sulfone groups is 1. The first-order chi connectivity index (χ1) is 17.4. The standard InChI is InChI=1S/C29H30N2O4S/c32-28(19-21-10-16-26(17-11-21)36(34,35)20-22-8-9-22)30-25-14-12-24(13-15-25)29(33)31-18-4-7-27(31)23-5-2-1-3-6-23/h1-3,5-6,10-17,22,27H,4,7-9,18-20H2,(H,30,32). The van der Waals surface area contributed by atoms with Crippen LogP contribution in [0.25, 0.3) is 0 Å². The molecule has 6 nitrogen and oxygen atoms in total. The van der Waals surface area contributed by atoms with Crippen molar-refractivity contribution in [3.63, 3.8) is 0 Å². The van der Waals surface area contributed by atoms with Gasteiger partial charge in [0.25, 0.3) is 5.91 Å². The minimum Gasteiger partial charge on any atom is -0.332 e. The quantitative estimate of drug-likeness (QED) is 0.468. The van der Waals surface area contributed by atoms with Gasteiger partial charge in [-0.1, -0.05) is 42.5 Å². The minimum atomic E-state index is -3.26. The van der Waals surface area contributed by atoms with Crippen LogP contribution in [0.3, 0.4) is 0 Å². The topological polar surface area (TPSA) is 83.5 Å². The maximum Gasteiger partial charge on any atom is 0.254 e. The highest BCUT2D eigenvalue weighted by atomic mass is 32.2. The smallest absolute Gasteiger partial charge is 0.254 e. The lowest BCUT2D eigenvalue weighted by molar-refractivity contribution is -0.115. The Kier molecular flexibility index (Phi) is 6.92. The fraction of sp³-hybridized carbons (Fsp3) is 0.310. The van der Waals surface area contributed by atoms with Crippen LogP contribution in [0.1, 0.15) is 53.2 Å². The number of anilines is 1. The largest absolute Gasteiger partial charge is 0.332 e. The third-order valence-corrected chi connectivity index (χ3v) is 8.81. The van der Waals surface area contributed by atoms with Crippen LogP contribution < -0.4 is 5.32 Å². The number of carbonyl (C=O) groups excluding carboxylic acids is 2. The van der Waals surface area contributed by atoms with Gasteiger partial charge in [0.1, 0.15) is 0 Å². The molecule has 1 heterocycles. The molecule has 0 spiro atoms. The Morgan fingerprint density at radius 1 is 0.861 bits per heavy atom. The van der Waals surface area contributed by atoms with Crippen LogP contribution in [-0.2, 0) is 21.1 Å². The third-order valence-electron chi connectivity index (χ3n) is 6.91. The van der Waals surface area contributed by atoms with Crippen molar-refractivity contribution in [2.45, 2.75) is 43.0 Å². The Hall–Kier alpha value is -3.45. The molecule has 36 heavy (non-hydrogen) atoms. The fourth-order valence-electron chi connectivity index (χ4n) is 4.79. The lowest BCUT2D eigenvalue weighted by atomic mass is 10.0. The predicted molar refractivity (Wildman–Crippen MR) is 139 cm³/mol. The molecule has 2 amide bonds. The van der Waals surface area contributed by atoms with Crippen molar-refractivity contribution in [2.24, 2.45) is 5.92 Å². The van der Waals surface area contributed by atoms with Crippen LogP contribution >= 0.6 is 0 Å². The number of benzene rings is 3. The molecule has 1 N–H and O–H groups in total. The lowest BCUT2D eigenvalue weighted by Crippen LogP contribution is -2.30. The summed E-state index contributed by atoms with van der Waals surface area (Å²) in [7, 11) is -3.26. The van der Waals surface area contributed by atoms with E-state index >= 15 is 0 Å². The van der Waals surface area contributed by atoms with Gasteiger partial charge in [0.05, 0.1) is 23.1 Å². The third kappa shape index (κ3) is 5.68. The summed E-state index contributed by atoms with van der Waals surface area (Å²) in [5, 5.41) is 2.86. The Labute approximate surface area is 212 Å². The molecule has 3 aromatic rings.